The molecule has 1 aromatic carbocycles. The average Bonchev–Trinajstić information content (AvgIpc) is 2.98. The molecular formula is C15H15BrCl2N2O2S. The van der Waals surface area contributed by atoms with Crippen LogP contribution in [0, 0.1) is 0 Å². The van der Waals surface area contributed by atoms with E-state index < -0.39 is 0 Å². The molecule has 8 heteroatoms. The van der Waals surface area contributed by atoms with Crippen LogP contribution in [-0.4, -0.2) is 22.8 Å². The summed E-state index contributed by atoms with van der Waals surface area (Å²) in [4.78, 5) is 15.7. The highest BCUT2D eigenvalue weighted by atomic mass is 79.9. The molecule has 0 radical (unpaired) electrons. The number of carbonyl (C=O) groups excluding carboxylic acids is 1. The molecule has 124 valence electrons. The van der Waals surface area contributed by atoms with Crippen LogP contribution in [0.25, 0.3) is 11.3 Å². The van der Waals surface area contributed by atoms with E-state index in [2.05, 4.69) is 33.2 Å². The zero-order chi connectivity index (χ0) is 16.8. The van der Waals surface area contributed by atoms with Crippen molar-refractivity contribution >= 4 is 61.5 Å². The van der Waals surface area contributed by atoms with Gasteiger partial charge >= 0.3 is 0 Å². The number of amides is 1. The summed E-state index contributed by atoms with van der Waals surface area (Å²) in [6.45, 7) is 2.67. The molecule has 0 bridgehead atoms. The third-order valence-electron chi connectivity index (χ3n) is 2.91. The summed E-state index contributed by atoms with van der Waals surface area (Å²) >= 11 is 17.0. The number of aromatic nitrogens is 1. The molecule has 4 nitrogen and oxygen atoms in total. The summed E-state index contributed by atoms with van der Waals surface area (Å²) in [5, 5.41) is 6.17. The predicted octanol–water partition coefficient (Wildman–Crippen LogP) is 5.63. The maximum atomic E-state index is 11.4. The maximum Gasteiger partial charge on any atom is 0.236 e. The van der Waals surface area contributed by atoms with Gasteiger partial charge in [0.15, 0.2) is 10.9 Å². The Bertz CT molecular complexity index is 671. The van der Waals surface area contributed by atoms with Crippen molar-refractivity contribution in [2.75, 3.05) is 17.3 Å². The van der Waals surface area contributed by atoms with Crippen LogP contribution < -0.4 is 10.1 Å². The van der Waals surface area contributed by atoms with Crippen molar-refractivity contribution in [3.8, 4) is 17.0 Å². The maximum absolute atomic E-state index is 11.4. The van der Waals surface area contributed by atoms with Gasteiger partial charge in [0.2, 0.25) is 5.91 Å². The van der Waals surface area contributed by atoms with Crippen LogP contribution in [0.1, 0.15) is 19.8 Å². The number of benzene rings is 1. The Morgan fingerprint density at radius 2 is 2.09 bits per heavy atom. The standard InChI is InChI=1S/C15H15BrCl2N2O2S/c1-2-3-4-22-14-10(17)5-9(6-11(14)18)12-8-23-15(19-12)20-13(21)7-16/h5-6,8H,2-4,7H2,1H3,(H,19,20,21). The van der Waals surface area contributed by atoms with E-state index in [1.54, 1.807) is 12.1 Å². The summed E-state index contributed by atoms with van der Waals surface area (Å²) in [6.07, 6.45) is 1.98. The molecule has 1 heterocycles. The SMILES string of the molecule is CCCCOc1c(Cl)cc(-c2csc(NC(=O)CBr)n2)cc1Cl. The van der Waals surface area contributed by atoms with Crippen molar-refractivity contribution < 1.29 is 9.53 Å². The van der Waals surface area contributed by atoms with Gasteiger partial charge in [-0.2, -0.15) is 0 Å². The van der Waals surface area contributed by atoms with E-state index in [1.807, 2.05) is 5.38 Å². The second-order valence-corrected chi connectivity index (χ2v) is 6.92. The molecule has 2 rings (SSSR count). The fourth-order valence-corrected chi connectivity index (χ4v) is 3.25. The van der Waals surface area contributed by atoms with Gasteiger partial charge < -0.3 is 10.1 Å². The Hall–Kier alpha value is -0.820. The molecule has 0 saturated heterocycles. The first kappa shape index (κ1) is 18.5. The highest BCUT2D eigenvalue weighted by Crippen LogP contribution is 2.38. The first-order valence-electron chi connectivity index (χ1n) is 6.98. The van der Waals surface area contributed by atoms with Crippen molar-refractivity contribution in [2.45, 2.75) is 19.8 Å². The van der Waals surface area contributed by atoms with Gasteiger partial charge in [-0.1, -0.05) is 52.5 Å². The number of rotatable bonds is 7. The van der Waals surface area contributed by atoms with Gasteiger partial charge in [-0.25, -0.2) is 4.98 Å². The smallest absolute Gasteiger partial charge is 0.236 e. The van der Waals surface area contributed by atoms with E-state index >= 15 is 0 Å². The van der Waals surface area contributed by atoms with Gasteiger partial charge in [-0.15, -0.1) is 11.3 Å². The second kappa shape index (κ2) is 8.87. The number of unbranched alkanes of at least 4 members (excludes halogenated alkanes) is 1. The van der Waals surface area contributed by atoms with Crippen molar-refractivity contribution in [2.24, 2.45) is 0 Å². The number of ether oxygens (including phenoxy) is 1. The van der Waals surface area contributed by atoms with Gasteiger partial charge in [-0.05, 0) is 18.6 Å². The molecule has 0 fully saturated rings. The molecule has 1 N–H and O–H groups in total. The van der Waals surface area contributed by atoms with Crippen molar-refractivity contribution in [1.82, 2.24) is 4.98 Å². The van der Waals surface area contributed by atoms with Gasteiger partial charge in [0.25, 0.3) is 0 Å². The number of halogens is 3. The number of nitrogens with zero attached hydrogens (tertiary/aromatic N) is 1. The van der Waals surface area contributed by atoms with Crippen LogP contribution >= 0.6 is 50.5 Å². The minimum absolute atomic E-state index is 0.151. The predicted molar refractivity (Wildman–Crippen MR) is 100 cm³/mol. The molecule has 0 aliphatic carbocycles. The number of hydrogen-bond donors (Lipinski definition) is 1. The summed E-state index contributed by atoms with van der Waals surface area (Å²) in [5.74, 6) is 0.343. The first-order valence-corrected chi connectivity index (χ1v) is 9.74. The normalized spacial score (nSPS) is 10.6. The van der Waals surface area contributed by atoms with E-state index in [1.165, 1.54) is 11.3 Å². The lowest BCUT2D eigenvalue weighted by molar-refractivity contribution is -0.113. The fraction of sp³-hybridized carbons (Fsp3) is 0.333. The van der Waals surface area contributed by atoms with E-state index in [9.17, 15) is 4.79 Å². The highest BCUT2D eigenvalue weighted by Gasteiger charge is 2.13. The lowest BCUT2D eigenvalue weighted by Crippen LogP contribution is -2.11. The topological polar surface area (TPSA) is 51.2 Å². The number of thiazole rings is 1. The van der Waals surface area contributed by atoms with Crippen molar-refractivity contribution in [1.29, 1.82) is 0 Å². The highest BCUT2D eigenvalue weighted by molar-refractivity contribution is 9.09. The van der Waals surface area contributed by atoms with E-state index in [-0.39, 0.29) is 11.2 Å². The Morgan fingerprint density at radius 3 is 2.70 bits per heavy atom. The molecule has 0 aliphatic heterocycles. The molecule has 2 aromatic rings. The minimum atomic E-state index is -0.151. The second-order valence-electron chi connectivity index (χ2n) is 4.69. The van der Waals surface area contributed by atoms with E-state index in [0.717, 1.165) is 18.4 Å². The van der Waals surface area contributed by atoms with Crippen molar-refractivity contribution in [3.63, 3.8) is 0 Å². The molecule has 0 spiro atoms. The zero-order valence-electron chi connectivity index (χ0n) is 12.4. The van der Waals surface area contributed by atoms with E-state index in [0.29, 0.717) is 33.2 Å². The van der Waals surface area contributed by atoms with Crippen molar-refractivity contribution in [3.05, 3.63) is 27.6 Å². The van der Waals surface area contributed by atoms with E-state index in [4.69, 9.17) is 27.9 Å². The summed E-state index contributed by atoms with van der Waals surface area (Å²) in [5.41, 5.74) is 1.47. The number of carbonyl (C=O) groups is 1. The summed E-state index contributed by atoms with van der Waals surface area (Å²) in [6, 6.07) is 3.53. The lowest BCUT2D eigenvalue weighted by Gasteiger charge is -2.10. The number of alkyl halides is 1. The molecule has 1 amide bonds. The lowest BCUT2D eigenvalue weighted by atomic mass is 10.1. The fourth-order valence-electron chi connectivity index (χ4n) is 1.78. The van der Waals surface area contributed by atoms with Gasteiger partial charge in [-0.3, -0.25) is 4.79 Å². The first-order chi connectivity index (χ1) is 11.0. The van der Waals surface area contributed by atoms with Crippen LogP contribution in [0.15, 0.2) is 17.5 Å². The molecule has 1 aromatic heterocycles. The molecule has 0 aliphatic rings. The number of nitrogens with one attached hydrogen (secondary N) is 1. The third-order valence-corrected chi connectivity index (χ3v) is 4.74. The zero-order valence-corrected chi connectivity index (χ0v) is 16.3. The summed E-state index contributed by atoms with van der Waals surface area (Å²) in [7, 11) is 0. The van der Waals surface area contributed by atoms with Crippen LogP contribution in [-0.2, 0) is 4.79 Å². The van der Waals surface area contributed by atoms with Gasteiger partial charge in [0.05, 0.1) is 27.7 Å². The summed E-state index contributed by atoms with van der Waals surface area (Å²) < 4.78 is 5.63. The largest absolute Gasteiger partial charge is 0.490 e. The number of hydrogen-bond acceptors (Lipinski definition) is 4. The minimum Gasteiger partial charge on any atom is -0.490 e. The van der Waals surface area contributed by atoms with Crippen LogP contribution in [0.3, 0.4) is 0 Å². The van der Waals surface area contributed by atoms with Gasteiger partial charge in [0.1, 0.15) is 0 Å². The Morgan fingerprint density at radius 1 is 1.39 bits per heavy atom. The molecule has 0 saturated carbocycles. The van der Waals surface area contributed by atoms with Crippen LogP contribution in [0.2, 0.25) is 10.0 Å². The Kier molecular flexibility index (Phi) is 7.14. The molecule has 0 atom stereocenters. The Balaban J connectivity index is 2.19. The molecular weight excluding hydrogens is 423 g/mol. The van der Waals surface area contributed by atoms with Gasteiger partial charge in [0, 0.05) is 10.9 Å². The third kappa shape index (κ3) is 5.08. The molecule has 23 heavy (non-hydrogen) atoms. The van der Waals surface area contributed by atoms with Crippen LogP contribution in [0.5, 0.6) is 5.75 Å². The van der Waals surface area contributed by atoms with Crippen LogP contribution in [0.4, 0.5) is 5.13 Å². The number of anilines is 1. The molecule has 0 unspecified atom stereocenters. The quantitative estimate of drug-likeness (QED) is 0.451. The Labute approximate surface area is 157 Å². The monoisotopic (exact) mass is 436 g/mol. The average molecular weight is 438 g/mol.